The normalized spacial score (nSPS) is 15.3. The molecule has 1 aliphatic rings. The average molecular weight is 519 g/mol. The van der Waals surface area contributed by atoms with Gasteiger partial charge in [-0.05, 0) is 31.3 Å². The summed E-state index contributed by atoms with van der Waals surface area (Å²) in [7, 11) is 1.97. The number of halogens is 1. The summed E-state index contributed by atoms with van der Waals surface area (Å²) in [6, 6.07) is 4.19. The predicted octanol–water partition coefficient (Wildman–Crippen LogP) is 1.76. The second-order valence-electron chi connectivity index (χ2n) is 6.55. The van der Waals surface area contributed by atoms with E-state index in [2.05, 4.69) is 43.2 Å². The number of aryl methyl sites for hydroxylation is 1. The van der Waals surface area contributed by atoms with Crippen molar-refractivity contribution in [1.29, 1.82) is 0 Å². The number of rotatable bonds is 8. The number of nitrogens with one attached hydrogen (secondary N) is 2. The maximum atomic E-state index is 5.40. The Morgan fingerprint density at radius 2 is 2.11 bits per heavy atom. The van der Waals surface area contributed by atoms with Gasteiger partial charge in [0.25, 0.3) is 0 Å². The van der Waals surface area contributed by atoms with Crippen LogP contribution in [0.2, 0.25) is 0 Å². The van der Waals surface area contributed by atoms with Gasteiger partial charge in [0.1, 0.15) is 12.4 Å². The van der Waals surface area contributed by atoms with E-state index in [1.807, 2.05) is 18.5 Å². The van der Waals surface area contributed by atoms with E-state index >= 15 is 0 Å². The number of ether oxygens (including phenoxy) is 1. The van der Waals surface area contributed by atoms with Crippen LogP contribution in [-0.2, 0) is 24.9 Å². The maximum absolute atomic E-state index is 5.40. The fraction of sp³-hybridized carbons (Fsp3) is 0.611. The van der Waals surface area contributed by atoms with E-state index < -0.39 is 0 Å². The van der Waals surface area contributed by atoms with Gasteiger partial charge in [-0.25, -0.2) is 4.99 Å². The van der Waals surface area contributed by atoms with E-state index in [0.29, 0.717) is 6.54 Å². The fourth-order valence-electron chi connectivity index (χ4n) is 2.83. The molecule has 1 fully saturated rings. The lowest BCUT2D eigenvalue weighted by molar-refractivity contribution is 0.0376. The zero-order chi connectivity index (χ0) is 18.9. The first kappa shape index (κ1) is 23.0. The summed E-state index contributed by atoms with van der Waals surface area (Å²) >= 11 is 1.74. The smallest absolute Gasteiger partial charge is 0.192 e. The second-order valence-corrected chi connectivity index (χ2v) is 7.59. The third kappa shape index (κ3) is 7.30. The summed E-state index contributed by atoms with van der Waals surface area (Å²) < 4.78 is 7.37. The predicted molar refractivity (Wildman–Crippen MR) is 123 cm³/mol. The van der Waals surface area contributed by atoms with Gasteiger partial charge in [0, 0.05) is 31.6 Å². The van der Waals surface area contributed by atoms with Gasteiger partial charge in [-0.1, -0.05) is 6.07 Å². The molecule has 8 nitrogen and oxygen atoms in total. The van der Waals surface area contributed by atoms with E-state index in [1.54, 1.807) is 11.3 Å². The van der Waals surface area contributed by atoms with Crippen molar-refractivity contribution in [1.82, 2.24) is 30.3 Å². The molecular weight excluding hydrogens is 489 g/mol. The number of nitrogens with zero attached hydrogens (tertiary/aromatic N) is 5. The van der Waals surface area contributed by atoms with Crippen LogP contribution in [0.4, 0.5) is 0 Å². The lowest BCUT2D eigenvalue weighted by Gasteiger charge is -2.26. The van der Waals surface area contributed by atoms with Crippen LogP contribution in [-0.4, -0.2) is 65.0 Å². The molecule has 2 aromatic rings. The van der Waals surface area contributed by atoms with Crippen molar-refractivity contribution in [3.05, 3.63) is 34.0 Å². The van der Waals surface area contributed by atoms with Crippen LogP contribution < -0.4 is 10.6 Å². The highest BCUT2D eigenvalue weighted by molar-refractivity contribution is 14.0. The Bertz CT molecular complexity index is 714. The van der Waals surface area contributed by atoms with Gasteiger partial charge >= 0.3 is 0 Å². The number of aliphatic imine (C=N–C) groups is 1. The molecular formula is C18H30IN7OS. The topological polar surface area (TPSA) is 79.6 Å². The summed E-state index contributed by atoms with van der Waals surface area (Å²) in [5.41, 5.74) is 0. The van der Waals surface area contributed by atoms with Crippen molar-refractivity contribution in [2.45, 2.75) is 26.4 Å². The Labute approximate surface area is 187 Å². The Morgan fingerprint density at radius 3 is 2.79 bits per heavy atom. The van der Waals surface area contributed by atoms with Crippen molar-refractivity contribution in [2.24, 2.45) is 12.0 Å². The molecule has 0 atom stereocenters. The van der Waals surface area contributed by atoms with Crippen LogP contribution >= 0.6 is 35.3 Å². The van der Waals surface area contributed by atoms with Gasteiger partial charge in [-0.3, -0.25) is 4.90 Å². The van der Waals surface area contributed by atoms with Gasteiger partial charge in [0.2, 0.25) is 0 Å². The average Bonchev–Trinajstić information content (AvgIpc) is 3.32. The first-order chi connectivity index (χ1) is 13.2. The number of aromatic nitrogens is 3. The molecule has 0 radical (unpaired) electrons. The Balaban J connectivity index is 0.00000280. The van der Waals surface area contributed by atoms with Crippen LogP contribution in [0.1, 0.15) is 22.9 Å². The highest BCUT2D eigenvalue weighted by Gasteiger charge is 2.10. The molecule has 2 aromatic heterocycles. The second kappa shape index (κ2) is 12.3. The first-order valence-electron chi connectivity index (χ1n) is 9.42. The summed E-state index contributed by atoms with van der Waals surface area (Å²) in [4.78, 5) is 8.43. The lowest BCUT2D eigenvalue weighted by Crippen LogP contribution is -2.40. The first-order valence-corrected chi connectivity index (χ1v) is 10.3. The number of thiophene rings is 1. The SMILES string of the molecule is Cc1nnc(CN=C(NCCCN2CCOCC2)NCc2cccs2)n1C.I. The summed E-state index contributed by atoms with van der Waals surface area (Å²) in [6.07, 6.45) is 1.07. The Morgan fingerprint density at radius 1 is 1.29 bits per heavy atom. The molecule has 1 saturated heterocycles. The number of hydrogen-bond acceptors (Lipinski definition) is 6. The highest BCUT2D eigenvalue weighted by Crippen LogP contribution is 2.07. The van der Waals surface area contributed by atoms with E-state index in [1.165, 1.54) is 4.88 Å². The minimum atomic E-state index is 0. The molecule has 28 heavy (non-hydrogen) atoms. The van der Waals surface area contributed by atoms with E-state index in [9.17, 15) is 0 Å². The van der Waals surface area contributed by atoms with Crippen LogP contribution in [0.15, 0.2) is 22.5 Å². The van der Waals surface area contributed by atoms with E-state index in [4.69, 9.17) is 9.73 Å². The third-order valence-corrected chi connectivity index (χ3v) is 5.50. The molecule has 0 aliphatic carbocycles. The molecule has 0 aromatic carbocycles. The maximum Gasteiger partial charge on any atom is 0.192 e. The Kier molecular flexibility index (Phi) is 10.2. The molecule has 156 valence electrons. The summed E-state index contributed by atoms with van der Waals surface area (Å²) in [5.74, 6) is 2.57. The van der Waals surface area contributed by atoms with Gasteiger partial charge in [0.05, 0.1) is 19.8 Å². The van der Waals surface area contributed by atoms with Crippen molar-refractivity contribution >= 4 is 41.3 Å². The quantitative estimate of drug-likeness (QED) is 0.240. The minimum Gasteiger partial charge on any atom is -0.379 e. The zero-order valence-corrected chi connectivity index (χ0v) is 19.7. The van der Waals surface area contributed by atoms with E-state index in [-0.39, 0.29) is 24.0 Å². The van der Waals surface area contributed by atoms with Crippen LogP contribution in [0.5, 0.6) is 0 Å². The summed E-state index contributed by atoms with van der Waals surface area (Å²) in [5, 5.41) is 17.2. The van der Waals surface area contributed by atoms with Gasteiger partial charge in [-0.15, -0.1) is 45.5 Å². The molecule has 3 heterocycles. The third-order valence-electron chi connectivity index (χ3n) is 4.62. The summed E-state index contributed by atoms with van der Waals surface area (Å²) in [6.45, 7) is 8.93. The molecule has 0 amide bonds. The largest absolute Gasteiger partial charge is 0.379 e. The van der Waals surface area contributed by atoms with Crippen molar-refractivity contribution < 1.29 is 4.74 Å². The van der Waals surface area contributed by atoms with E-state index in [0.717, 1.165) is 70.0 Å². The Hall–Kier alpha value is -1.24. The molecule has 3 rings (SSSR count). The van der Waals surface area contributed by atoms with Gasteiger partial charge in [0.15, 0.2) is 11.8 Å². The number of guanidine groups is 1. The van der Waals surface area contributed by atoms with Crippen LogP contribution in [0, 0.1) is 6.92 Å². The monoisotopic (exact) mass is 519 g/mol. The van der Waals surface area contributed by atoms with Crippen molar-refractivity contribution in [3.8, 4) is 0 Å². The number of morpholine rings is 1. The lowest BCUT2D eigenvalue weighted by atomic mass is 10.3. The molecule has 0 unspecified atom stereocenters. The highest BCUT2D eigenvalue weighted by atomic mass is 127. The van der Waals surface area contributed by atoms with Crippen LogP contribution in [0.25, 0.3) is 0 Å². The molecule has 10 heteroatoms. The molecule has 0 saturated carbocycles. The number of hydrogen-bond donors (Lipinski definition) is 2. The van der Waals surface area contributed by atoms with Crippen molar-refractivity contribution in [2.75, 3.05) is 39.4 Å². The molecule has 2 N–H and O–H groups in total. The fourth-order valence-corrected chi connectivity index (χ4v) is 3.48. The molecule has 0 spiro atoms. The molecule has 1 aliphatic heterocycles. The molecule has 0 bridgehead atoms. The standard InChI is InChI=1S/C18H29N7OS.HI/c1-15-22-23-17(24(15)2)14-21-18(20-13-16-5-3-12-27-16)19-6-4-7-25-8-10-26-11-9-25;/h3,5,12H,4,6-11,13-14H2,1-2H3,(H2,19,20,21);1H. The van der Waals surface area contributed by atoms with Crippen molar-refractivity contribution in [3.63, 3.8) is 0 Å². The minimum absolute atomic E-state index is 0. The van der Waals surface area contributed by atoms with Crippen LogP contribution in [0.3, 0.4) is 0 Å². The van der Waals surface area contributed by atoms with Gasteiger partial charge < -0.3 is 19.9 Å². The van der Waals surface area contributed by atoms with Gasteiger partial charge in [-0.2, -0.15) is 0 Å². The zero-order valence-electron chi connectivity index (χ0n) is 16.6.